The fourth-order valence-electron chi connectivity index (χ4n) is 3.75. The number of non-ortho nitro benzene ring substituents is 1. The molecule has 41 heavy (non-hydrogen) atoms. The van der Waals surface area contributed by atoms with E-state index in [1.165, 1.54) is 44.6 Å². The van der Waals surface area contributed by atoms with E-state index in [2.05, 4.69) is 26.6 Å². The lowest BCUT2D eigenvalue weighted by Gasteiger charge is -2.26. The van der Waals surface area contributed by atoms with Crippen molar-refractivity contribution in [2.45, 2.75) is 0 Å². The molecule has 2 N–H and O–H groups in total. The lowest BCUT2D eigenvalue weighted by atomic mass is 10.1. The summed E-state index contributed by atoms with van der Waals surface area (Å²) in [4.78, 5) is 61.6. The van der Waals surface area contributed by atoms with E-state index in [4.69, 9.17) is 14.2 Å². The first-order valence-electron chi connectivity index (χ1n) is 11.7. The molecule has 1 fully saturated rings. The summed E-state index contributed by atoms with van der Waals surface area (Å²) >= 11 is 3.36. The van der Waals surface area contributed by atoms with Crippen molar-refractivity contribution in [2.75, 3.05) is 31.0 Å². The van der Waals surface area contributed by atoms with E-state index in [1.807, 2.05) is 0 Å². The maximum atomic E-state index is 13.2. The van der Waals surface area contributed by atoms with E-state index in [0.29, 0.717) is 26.4 Å². The van der Waals surface area contributed by atoms with Crippen molar-refractivity contribution in [3.8, 4) is 17.2 Å². The van der Waals surface area contributed by atoms with Crippen molar-refractivity contribution >= 4 is 62.8 Å². The minimum atomic E-state index is -0.999. The van der Waals surface area contributed by atoms with Gasteiger partial charge in [-0.25, -0.2) is 9.69 Å². The zero-order chi connectivity index (χ0) is 29.7. The Hall–Kier alpha value is -5.24. The summed E-state index contributed by atoms with van der Waals surface area (Å²) in [7, 11) is 2.91. The van der Waals surface area contributed by atoms with Gasteiger partial charge < -0.3 is 19.5 Å². The van der Waals surface area contributed by atoms with Gasteiger partial charge in [0.25, 0.3) is 23.4 Å². The maximum Gasteiger partial charge on any atom is 0.335 e. The lowest BCUT2D eigenvalue weighted by molar-refractivity contribution is -0.384. The summed E-state index contributed by atoms with van der Waals surface area (Å²) in [5, 5.41) is 15.7. The fourth-order valence-corrected chi connectivity index (χ4v) is 4.33. The Bertz CT molecular complexity index is 1570. The minimum absolute atomic E-state index is 0.0342. The van der Waals surface area contributed by atoms with Gasteiger partial charge in [-0.1, -0.05) is 0 Å². The molecule has 1 aliphatic heterocycles. The third kappa shape index (κ3) is 6.50. The molecule has 1 heterocycles. The molecule has 0 bridgehead atoms. The van der Waals surface area contributed by atoms with Crippen LogP contribution in [0.3, 0.4) is 0 Å². The number of nitro groups is 1. The molecule has 0 aromatic heterocycles. The van der Waals surface area contributed by atoms with Crippen LogP contribution in [-0.4, -0.2) is 49.5 Å². The number of anilines is 2. The topological polar surface area (TPSA) is 166 Å². The molecular formula is C27H21BrN4O9. The molecule has 0 aliphatic carbocycles. The van der Waals surface area contributed by atoms with Gasteiger partial charge in [-0.15, -0.1) is 0 Å². The average Bonchev–Trinajstić information content (AvgIpc) is 2.95. The molecule has 14 heteroatoms. The van der Waals surface area contributed by atoms with Crippen LogP contribution in [0, 0.1) is 10.1 Å². The highest BCUT2D eigenvalue weighted by Crippen LogP contribution is 2.37. The highest BCUT2D eigenvalue weighted by Gasteiger charge is 2.37. The molecule has 0 saturated carbocycles. The van der Waals surface area contributed by atoms with Crippen molar-refractivity contribution in [1.29, 1.82) is 0 Å². The number of carbonyl (C=O) groups excluding carboxylic acids is 4. The summed E-state index contributed by atoms with van der Waals surface area (Å²) < 4.78 is 16.5. The molecule has 13 nitrogen and oxygen atoms in total. The second-order valence-corrected chi connectivity index (χ2v) is 9.19. The van der Waals surface area contributed by atoms with Crippen LogP contribution in [-0.2, 0) is 14.4 Å². The Morgan fingerprint density at radius 1 is 1.05 bits per heavy atom. The second kappa shape index (κ2) is 12.3. The zero-order valence-corrected chi connectivity index (χ0v) is 23.1. The van der Waals surface area contributed by atoms with Crippen LogP contribution in [0.2, 0.25) is 0 Å². The molecule has 210 valence electrons. The molecule has 0 spiro atoms. The largest absolute Gasteiger partial charge is 0.497 e. The Balaban J connectivity index is 1.53. The monoisotopic (exact) mass is 624 g/mol. The third-order valence-corrected chi connectivity index (χ3v) is 6.29. The van der Waals surface area contributed by atoms with E-state index in [9.17, 15) is 29.3 Å². The maximum absolute atomic E-state index is 13.2. The molecule has 3 aromatic rings. The molecule has 0 atom stereocenters. The number of nitrogens with one attached hydrogen (secondary N) is 2. The Morgan fingerprint density at radius 3 is 2.34 bits per heavy atom. The van der Waals surface area contributed by atoms with Gasteiger partial charge in [-0.2, -0.15) is 0 Å². The summed E-state index contributed by atoms with van der Waals surface area (Å²) in [6.45, 7) is -0.353. The van der Waals surface area contributed by atoms with E-state index in [0.717, 1.165) is 12.1 Å². The predicted octanol–water partition coefficient (Wildman–Crippen LogP) is 4.06. The van der Waals surface area contributed by atoms with Gasteiger partial charge in [0.1, 0.15) is 11.3 Å². The first-order chi connectivity index (χ1) is 19.6. The van der Waals surface area contributed by atoms with Gasteiger partial charge in [-0.3, -0.25) is 29.8 Å². The third-order valence-electron chi connectivity index (χ3n) is 5.70. The van der Waals surface area contributed by atoms with Crippen molar-refractivity contribution in [2.24, 2.45) is 0 Å². The number of hydrogen-bond donors (Lipinski definition) is 2. The van der Waals surface area contributed by atoms with Crippen LogP contribution in [0.1, 0.15) is 5.56 Å². The van der Waals surface area contributed by atoms with Crippen LogP contribution >= 0.6 is 15.9 Å². The minimum Gasteiger partial charge on any atom is -0.497 e. The molecule has 0 unspecified atom stereocenters. The first-order valence-corrected chi connectivity index (χ1v) is 12.5. The van der Waals surface area contributed by atoms with Crippen LogP contribution in [0.5, 0.6) is 17.2 Å². The van der Waals surface area contributed by atoms with E-state index < -0.39 is 28.7 Å². The highest BCUT2D eigenvalue weighted by atomic mass is 79.9. The summed E-state index contributed by atoms with van der Waals surface area (Å²) in [5.41, 5.74) is 0.309. The molecule has 4 rings (SSSR count). The lowest BCUT2D eigenvalue weighted by Crippen LogP contribution is -2.54. The summed E-state index contributed by atoms with van der Waals surface area (Å²) in [6, 6.07) is 13.5. The Morgan fingerprint density at radius 2 is 1.73 bits per heavy atom. The number of benzene rings is 3. The standard InChI is InChI=1S/C27H21BrN4O9/c1-39-19-9-3-16(4-10-19)29-23(33)14-41-24-21(28)12-15(13-22(24)40-2)11-20-25(34)30-27(36)31(26(20)35)17-5-7-18(8-6-17)32(37)38/h3-13H,14H2,1-2H3,(H,29,33)(H,30,34,36)/b20-11-. The van der Waals surface area contributed by atoms with Gasteiger partial charge in [0.15, 0.2) is 18.1 Å². The molecule has 3 aromatic carbocycles. The molecular weight excluding hydrogens is 604 g/mol. The zero-order valence-electron chi connectivity index (χ0n) is 21.5. The SMILES string of the molecule is COc1ccc(NC(=O)COc2c(Br)cc(/C=C3/C(=O)NC(=O)N(c4ccc([N+](=O)[O-])cc4)C3=O)cc2OC)cc1. The van der Waals surface area contributed by atoms with Gasteiger partial charge >= 0.3 is 6.03 Å². The smallest absolute Gasteiger partial charge is 0.335 e. The Labute approximate surface area is 241 Å². The van der Waals surface area contributed by atoms with Crippen LogP contribution in [0.15, 0.2) is 70.7 Å². The van der Waals surface area contributed by atoms with Gasteiger partial charge in [0, 0.05) is 17.8 Å². The number of carbonyl (C=O) groups is 4. The number of nitro benzene ring substituents is 1. The first kappa shape index (κ1) is 28.8. The van der Waals surface area contributed by atoms with Crippen LogP contribution in [0.4, 0.5) is 21.9 Å². The van der Waals surface area contributed by atoms with E-state index in [-0.39, 0.29) is 35.1 Å². The van der Waals surface area contributed by atoms with Crippen molar-refractivity contribution in [3.05, 3.63) is 86.4 Å². The summed E-state index contributed by atoms with van der Waals surface area (Å²) in [5.74, 6) is -1.27. The van der Waals surface area contributed by atoms with Gasteiger partial charge in [0.05, 0.1) is 29.3 Å². The van der Waals surface area contributed by atoms with Crippen molar-refractivity contribution in [3.63, 3.8) is 0 Å². The molecule has 1 saturated heterocycles. The predicted molar refractivity (Wildman–Crippen MR) is 150 cm³/mol. The summed E-state index contributed by atoms with van der Waals surface area (Å²) in [6.07, 6.45) is 1.25. The van der Waals surface area contributed by atoms with Crippen LogP contribution in [0.25, 0.3) is 6.08 Å². The number of amides is 5. The number of urea groups is 1. The number of hydrogen-bond acceptors (Lipinski definition) is 9. The number of halogens is 1. The molecule has 1 aliphatic rings. The number of rotatable bonds is 9. The molecule has 0 radical (unpaired) electrons. The fraction of sp³-hybridized carbons (Fsp3) is 0.111. The highest BCUT2D eigenvalue weighted by molar-refractivity contribution is 9.10. The molecule has 5 amide bonds. The quantitative estimate of drug-likeness (QED) is 0.154. The number of imide groups is 2. The second-order valence-electron chi connectivity index (χ2n) is 8.33. The number of ether oxygens (including phenoxy) is 3. The number of methoxy groups -OCH3 is 2. The number of barbiturate groups is 1. The van der Waals surface area contributed by atoms with Gasteiger partial charge in [-0.05, 0) is 76.1 Å². The average molecular weight is 625 g/mol. The van der Waals surface area contributed by atoms with Crippen molar-refractivity contribution in [1.82, 2.24) is 5.32 Å². The van der Waals surface area contributed by atoms with Gasteiger partial charge in [0.2, 0.25) is 0 Å². The van der Waals surface area contributed by atoms with Crippen molar-refractivity contribution < 1.29 is 38.3 Å². The van der Waals surface area contributed by atoms with E-state index in [1.54, 1.807) is 24.3 Å². The van der Waals surface area contributed by atoms with Crippen LogP contribution < -0.4 is 29.7 Å². The Kier molecular flexibility index (Phi) is 8.63. The van der Waals surface area contributed by atoms with E-state index >= 15 is 0 Å². The normalized spacial score (nSPS) is 14.0. The number of nitrogens with zero attached hydrogens (tertiary/aromatic N) is 2.